The molecule has 0 aliphatic carbocycles. The fraction of sp³-hybridized carbons (Fsp3) is 1.00. The van der Waals surface area contributed by atoms with Gasteiger partial charge in [0.2, 0.25) is 0 Å². The van der Waals surface area contributed by atoms with Crippen molar-refractivity contribution in [3.8, 4) is 0 Å². The molecule has 3 N–H and O–H groups in total. The van der Waals surface area contributed by atoms with Gasteiger partial charge in [0.1, 0.15) is 6.23 Å². The van der Waals surface area contributed by atoms with Gasteiger partial charge in [-0.05, 0) is 12.8 Å². The Morgan fingerprint density at radius 1 is 1.28 bits per heavy atom. The van der Waals surface area contributed by atoms with E-state index >= 15 is 0 Å². The lowest BCUT2D eigenvalue weighted by Gasteiger charge is -2.14. The third-order valence-electron chi connectivity index (χ3n) is 2.04. The summed E-state index contributed by atoms with van der Waals surface area (Å²) in [6, 6.07) is 0. The summed E-state index contributed by atoms with van der Waals surface area (Å²) in [5, 5.41) is 0. The number of rotatable bonds is 5. The van der Waals surface area contributed by atoms with Gasteiger partial charge in [-0.3, -0.25) is 4.55 Å². The Bertz CT molecular complexity index is 299. The molecule has 0 saturated carbocycles. The van der Waals surface area contributed by atoms with Crippen LogP contribution in [0.3, 0.4) is 0 Å². The van der Waals surface area contributed by atoms with Crippen molar-refractivity contribution in [2.45, 2.75) is 45.3 Å². The van der Waals surface area contributed by atoms with Gasteiger partial charge in [0.15, 0.2) is 0 Å². The Morgan fingerprint density at radius 2 is 1.61 bits per heavy atom. The van der Waals surface area contributed by atoms with E-state index in [-0.39, 0.29) is 6.23 Å². The van der Waals surface area contributed by atoms with Crippen LogP contribution in [0.1, 0.15) is 33.6 Å². The normalized spacial score (nSPS) is 14.1. The lowest BCUT2D eigenvalue weighted by Crippen LogP contribution is -2.22. The van der Waals surface area contributed by atoms with Gasteiger partial charge in [-0.25, -0.2) is 0 Å². The molecular formula is C9H20F3NO4S. The highest BCUT2D eigenvalue weighted by atomic mass is 32.2. The Balaban J connectivity index is 0. The Labute approximate surface area is 105 Å². The summed E-state index contributed by atoms with van der Waals surface area (Å²) >= 11 is 0. The fourth-order valence-electron chi connectivity index (χ4n) is 0.812. The maximum absolute atomic E-state index is 10.7. The molecule has 5 nitrogen and oxygen atoms in total. The van der Waals surface area contributed by atoms with Crippen molar-refractivity contribution < 1.29 is 30.9 Å². The fourth-order valence-corrected chi connectivity index (χ4v) is 0.812. The number of halogens is 3. The maximum atomic E-state index is 10.7. The molecule has 9 heteroatoms. The second kappa shape index (κ2) is 8.68. The van der Waals surface area contributed by atoms with Gasteiger partial charge in [0.25, 0.3) is 0 Å². The quantitative estimate of drug-likeness (QED) is 0.461. The van der Waals surface area contributed by atoms with Crippen LogP contribution >= 0.6 is 0 Å². The topological polar surface area (TPSA) is 89.6 Å². The number of hydrogen-bond donors (Lipinski definition) is 2. The van der Waals surface area contributed by atoms with E-state index in [9.17, 15) is 13.2 Å². The molecule has 0 aromatic heterocycles. The van der Waals surface area contributed by atoms with Gasteiger partial charge in [0.05, 0.1) is 6.61 Å². The van der Waals surface area contributed by atoms with Crippen LogP contribution in [-0.4, -0.2) is 31.3 Å². The molecule has 0 aliphatic heterocycles. The minimum Gasteiger partial charge on any atom is -0.364 e. The van der Waals surface area contributed by atoms with Gasteiger partial charge in [-0.2, -0.15) is 21.6 Å². The molecule has 1 atom stereocenters. The van der Waals surface area contributed by atoms with E-state index in [1.54, 1.807) is 0 Å². The van der Waals surface area contributed by atoms with E-state index in [0.717, 1.165) is 6.61 Å². The average Bonchev–Trinajstić information content (AvgIpc) is 2.16. The maximum Gasteiger partial charge on any atom is 0.522 e. The van der Waals surface area contributed by atoms with Crippen molar-refractivity contribution in [3.63, 3.8) is 0 Å². The van der Waals surface area contributed by atoms with Gasteiger partial charge in [0, 0.05) is 0 Å². The van der Waals surface area contributed by atoms with Gasteiger partial charge < -0.3 is 10.5 Å². The zero-order chi connectivity index (χ0) is 15.0. The summed E-state index contributed by atoms with van der Waals surface area (Å²) < 4.78 is 62.8. The first-order valence-corrected chi connectivity index (χ1v) is 6.80. The number of ether oxygens (including phenoxy) is 1. The molecule has 0 aromatic rings. The van der Waals surface area contributed by atoms with E-state index in [2.05, 4.69) is 13.8 Å². The molecule has 0 radical (unpaired) electrons. The van der Waals surface area contributed by atoms with Crippen LogP contribution in [0.25, 0.3) is 0 Å². The van der Waals surface area contributed by atoms with E-state index in [4.69, 9.17) is 23.4 Å². The van der Waals surface area contributed by atoms with Crippen molar-refractivity contribution in [2.75, 3.05) is 6.61 Å². The van der Waals surface area contributed by atoms with Gasteiger partial charge in [-0.1, -0.05) is 26.7 Å². The summed E-state index contributed by atoms with van der Waals surface area (Å²) in [7, 11) is -5.84. The van der Waals surface area contributed by atoms with Crippen LogP contribution < -0.4 is 5.73 Å². The van der Waals surface area contributed by atoms with Crippen molar-refractivity contribution in [1.82, 2.24) is 0 Å². The van der Waals surface area contributed by atoms with Crippen molar-refractivity contribution in [2.24, 2.45) is 11.7 Å². The minimum atomic E-state index is -5.84. The first-order chi connectivity index (χ1) is 7.95. The zero-order valence-corrected chi connectivity index (χ0v) is 11.4. The predicted octanol–water partition coefficient (Wildman–Crippen LogP) is 2.14. The summed E-state index contributed by atoms with van der Waals surface area (Å²) in [5.74, 6) is 0.686. The van der Waals surface area contributed by atoms with Crippen molar-refractivity contribution >= 4 is 10.1 Å². The molecule has 0 amide bonds. The van der Waals surface area contributed by atoms with Crippen LogP contribution in [0.15, 0.2) is 0 Å². The second-order valence-corrected chi connectivity index (χ2v) is 5.05. The molecule has 112 valence electrons. The van der Waals surface area contributed by atoms with Crippen LogP contribution in [0, 0.1) is 5.92 Å². The van der Waals surface area contributed by atoms with E-state index in [1.807, 2.05) is 6.92 Å². The molecule has 18 heavy (non-hydrogen) atoms. The summed E-state index contributed by atoms with van der Waals surface area (Å²) in [6.07, 6.45) is 2.26. The van der Waals surface area contributed by atoms with Crippen LogP contribution in [0.5, 0.6) is 0 Å². The highest BCUT2D eigenvalue weighted by Gasteiger charge is 2.44. The average molecular weight is 295 g/mol. The molecule has 0 rings (SSSR count). The molecular weight excluding hydrogens is 275 g/mol. The molecule has 0 fully saturated rings. The highest BCUT2D eigenvalue weighted by Crippen LogP contribution is 2.20. The standard InChI is InChI=1S/C8H19NO.CHF3O3S/c1-4-8(5-2)6-10-7(3)9;2-1(3,4)8(5,6)7/h7-8H,4-6,9H2,1-3H3;(H,5,6,7). The largest absolute Gasteiger partial charge is 0.522 e. The molecule has 0 aromatic carbocycles. The molecule has 0 saturated heterocycles. The lowest BCUT2D eigenvalue weighted by molar-refractivity contribution is -0.0510. The Morgan fingerprint density at radius 3 is 1.78 bits per heavy atom. The van der Waals surface area contributed by atoms with Gasteiger partial charge in [-0.15, -0.1) is 0 Å². The highest BCUT2D eigenvalue weighted by molar-refractivity contribution is 7.86. The molecule has 0 aliphatic rings. The van der Waals surface area contributed by atoms with Crippen molar-refractivity contribution in [1.29, 1.82) is 0 Å². The second-order valence-electron chi connectivity index (χ2n) is 3.64. The molecule has 0 heterocycles. The molecule has 0 spiro atoms. The first-order valence-electron chi connectivity index (χ1n) is 5.36. The summed E-state index contributed by atoms with van der Waals surface area (Å²) in [6.45, 7) is 7.03. The lowest BCUT2D eigenvalue weighted by atomic mass is 10.1. The predicted molar refractivity (Wildman–Crippen MR) is 61.3 cm³/mol. The third-order valence-corrected chi connectivity index (χ3v) is 2.63. The molecule has 1 unspecified atom stereocenters. The van der Waals surface area contributed by atoms with E-state index in [0.29, 0.717) is 5.92 Å². The van der Waals surface area contributed by atoms with E-state index < -0.39 is 15.6 Å². The minimum absolute atomic E-state index is 0.111. The Hall–Kier alpha value is -0.380. The monoisotopic (exact) mass is 295 g/mol. The number of nitrogens with two attached hydrogens (primary N) is 1. The summed E-state index contributed by atoms with van der Waals surface area (Å²) in [4.78, 5) is 0. The van der Waals surface area contributed by atoms with Crippen molar-refractivity contribution in [3.05, 3.63) is 0 Å². The van der Waals surface area contributed by atoms with Crippen LogP contribution in [0.4, 0.5) is 13.2 Å². The van der Waals surface area contributed by atoms with Crippen LogP contribution in [-0.2, 0) is 14.9 Å². The van der Waals surface area contributed by atoms with E-state index in [1.165, 1.54) is 12.8 Å². The first kappa shape index (κ1) is 19.9. The van der Waals surface area contributed by atoms with Gasteiger partial charge >= 0.3 is 15.6 Å². The Kier molecular flexibility index (Phi) is 9.61. The third kappa shape index (κ3) is 10.8. The smallest absolute Gasteiger partial charge is 0.364 e. The van der Waals surface area contributed by atoms with Crippen LogP contribution in [0.2, 0.25) is 0 Å². The number of hydrogen-bond acceptors (Lipinski definition) is 4. The SMILES string of the molecule is CCC(CC)COC(C)N.O=S(=O)(O)C(F)(F)F. The zero-order valence-electron chi connectivity index (χ0n) is 10.6. The molecule has 0 bridgehead atoms. The summed E-state index contributed by atoms with van der Waals surface area (Å²) in [5.41, 5.74) is -0.107. The number of alkyl halides is 3.